The largest absolute Gasteiger partial charge is 0.448 e. The monoisotopic (exact) mass is 331 g/mol. The lowest BCUT2D eigenvalue weighted by Gasteiger charge is -2.08. The molecule has 0 rings (SSSR count). The fourth-order valence-electron chi connectivity index (χ4n) is 1.77. The first kappa shape index (κ1) is 21.1. The zero-order chi connectivity index (χ0) is 17.3. The highest BCUT2D eigenvalue weighted by Gasteiger charge is 2.05. The van der Waals surface area contributed by atoms with Crippen molar-refractivity contribution in [2.24, 2.45) is 11.5 Å². The van der Waals surface area contributed by atoms with E-state index >= 15 is 0 Å². The second-order valence-corrected chi connectivity index (χ2v) is 5.03. The Balaban J connectivity index is 3.38. The average molecular weight is 331 g/mol. The zero-order valence-electron chi connectivity index (χ0n) is 13.6. The maximum absolute atomic E-state index is 11.5. The van der Waals surface area contributed by atoms with E-state index in [1.54, 1.807) is 0 Å². The second kappa shape index (κ2) is 15.0. The maximum Gasteiger partial charge on any atom is 0.404 e. The molecule has 7 N–H and O–H groups in total. The van der Waals surface area contributed by atoms with Crippen LogP contribution in [0.5, 0.6) is 0 Å². The molecule has 9 nitrogen and oxygen atoms in total. The van der Waals surface area contributed by atoms with E-state index in [-0.39, 0.29) is 38.1 Å². The number of nitrogens with two attached hydrogens (primary N) is 2. The van der Waals surface area contributed by atoms with E-state index in [9.17, 15) is 14.4 Å². The Bertz CT molecular complexity index is 352. The molecule has 0 aliphatic carbocycles. The van der Waals surface area contributed by atoms with Gasteiger partial charge >= 0.3 is 6.09 Å². The molecule has 0 saturated heterocycles. The number of amides is 3. The number of unbranched alkanes of at least 4 members (excludes halogenated alkanes) is 4. The molecule has 0 bridgehead atoms. The van der Waals surface area contributed by atoms with Gasteiger partial charge in [-0.15, -0.1) is 0 Å². The average Bonchev–Trinajstić information content (AvgIpc) is 2.52. The van der Waals surface area contributed by atoms with Crippen molar-refractivity contribution in [3.63, 3.8) is 0 Å². The maximum atomic E-state index is 11.5. The van der Waals surface area contributed by atoms with Gasteiger partial charge in [0.2, 0.25) is 11.8 Å². The van der Waals surface area contributed by atoms with E-state index in [0.717, 1.165) is 45.2 Å². The first-order valence-electron chi connectivity index (χ1n) is 7.92. The van der Waals surface area contributed by atoms with Crippen LogP contribution in [0.15, 0.2) is 0 Å². The van der Waals surface area contributed by atoms with Gasteiger partial charge in [-0.25, -0.2) is 4.79 Å². The molecule has 0 radical (unpaired) electrons. The van der Waals surface area contributed by atoms with E-state index in [0.29, 0.717) is 0 Å². The minimum Gasteiger partial charge on any atom is -0.448 e. The van der Waals surface area contributed by atoms with Gasteiger partial charge in [-0.3, -0.25) is 9.59 Å². The number of nitrogens with one attached hydrogen (secondary N) is 3. The van der Waals surface area contributed by atoms with Crippen LogP contribution in [0.3, 0.4) is 0 Å². The van der Waals surface area contributed by atoms with Crippen molar-refractivity contribution < 1.29 is 19.1 Å². The van der Waals surface area contributed by atoms with Gasteiger partial charge in [-0.1, -0.05) is 19.3 Å². The first-order chi connectivity index (χ1) is 11.1. The summed E-state index contributed by atoms with van der Waals surface area (Å²) in [5.41, 5.74) is 10.2. The minimum atomic E-state index is -0.891. The summed E-state index contributed by atoms with van der Waals surface area (Å²) in [6.07, 6.45) is 4.61. The van der Waals surface area contributed by atoms with E-state index in [2.05, 4.69) is 20.7 Å². The quantitative estimate of drug-likeness (QED) is 0.253. The molecule has 0 aliphatic heterocycles. The number of hydrogen-bond acceptors (Lipinski definition) is 6. The lowest BCUT2D eigenvalue weighted by molar-refractivity contribution is -0.125. The Morgan fingerprint density at radius 3 is 2.17 bits per heavy atom. The molecule has 0 aliphatic rings. The van der Waals surface area contributed by atoms with Crippen LogP contribution in [0.1, 0.15) is 32.1 Å². The molecule has 0 aromatic carbocycles. The van der Waals surface area contributed by atoms with Gasteiger partial charge in [0.25, 0.3) is 0 Å². The van der Waals surface area contributed by atoms with Crippen molar-refractivity contribution in [2.75, 3.05) is 39.3 Å². The summed E-state index contributed by atoms with van der Waals surface area (Å²) in [6, 6.07) is 0. The molecule has 23 heavy (non-hydrogen) atoms. The van der Waals surface area contributed by atoms with Crippen LogP contribution in [-0.2, 0) is 14.3 Å². The summed E-state index contributed by atoms with van der Waals surface area (Å²) < 4.78 is 4.45. The van der Waals surface area contributed by atoms with Gasteiger partial charge in [0.15, 0.2) is 0 Å². The zero-order valence-corrected chi connectivity index (χ0v) is 13.6. The fourth-order valence-corrected chi connectivity index (χ4v) is 1.77. The normalized spacial score (nSPS) is 10.1. The highest BCUT2D eigenvalue weighted by Crippen LogP contribution is 2.00. The number of hydrogen-bond donors (Lipinski definition) is 5. The van der Waals surface area contributed by atoms with E-state index < -0.39 is 6.09 Å². The predicted octanol–water partition coefficient (Wildman–Crippen LogP) is -1.19. The summed E-state index contributed by atoms with van der Waals surface area (Å²) in [5.74, 6) is -0.594. The van der Waals surface area contributed by atoms with Crippen molar-refractivity contribution in [2.45, 2.75) is 32.1 Å². The summed E-state index contributed by atoms with van der Waals surface area (Å²) in [4.78, 5) is 33.1. The molecule has 0 aromatic rings. The molecule has 0 fully saturated rings. The fraction of sp³-hybridized carbons (Fsp3) is 0.786. The number of carbonyl (C=O) groups excluding carboxylic acids is 3. The standard InChI is InChI=1S/C14H29N5O4/c15-6-4-2-1-3-5-7-17-10-12(20)19-11-13(21)18-8-9-23-14(16)22/h17H,1-11,15H2,(H2,16,22)(H,18,21)(H,19,20). The van der Waals surface area contributed by atoms with Crippen LogP contribution in [-0.4, -0.2) is 57.2 Å². The summed E-state index contributed by atoms with van der Waals surface area (Å²) in [6.45, 7) is 1.73. The van der Waals surface area contributed by atoms with Crippen molar-refractivity contribution in [3.8, 4) is 0 Å². The predicted molar refractivity (Wildman–Crippen MR) is 86.6 cm³/mol. The Morgan fingerprint density at radius 2 is 1.48 bits per heavy atom. The van der Waals surface area contributed by atoms with Gasteiger partial charge in [-0.2, -0.15) is 0 Å². The molecule has 0 atom stereocenters. The number of ether oxygens (including phenoxy) is 1. The molecule has 0 saturated carbocycles. The lowest BCUT2D eigenvalue weighted by Crippen LogP contribution is -2.41. The van der Waals surface area contributed by atoms with Crippen LogP contribution in [0, 0.1) is 0 Å². The molecule has 0 aromatic heterocycles. The van der Waals surface area contributed by atoms with Gasteiger partial charge in [0, 0.05) is 0 Å². The van der Waals surface area contributed by atoms with Gasteiger partial charge < -0.3 is 32.2 Å². The number of carbonyl (C=O) groups is 3. The Morgan fingerprint density at radius 1 is 0.826 bits per heavy atom. The van der Waals surface area contributed by atoms with Crippen molar-refractivity contribution in [1.29, 1.82) is 0 Å². The Labute approximate surface area is 136 Å². The van der Waals surface area contributed by atoms with Crippen LogP contribution < -0.4 is 27.4 Å². The van der Waals surface area contributed by atoms with Gasteiger partial charge in [0.1, 0.15) is 6.61 Å². The topological polar surface area (TPSA) is 149 Å². The van der Waals surface area contributed by atoms with Gasteiger partial charge in [-0.05, 0) is 25.9 Å². The first-order valence-corrected chi connectivity index (χ1v) is 7.92. The summed E-state index contributed by atoms with van der Waals surface area (Å²) >= 11 is 0. The third-order valence-corrected chi connectivity index (χ3v) is 2.96. The number of rotatable bonds is 14. The molecule has 134 valence electrons. The van der Waals surface area contributed by atoms with E-state index in [4.69, 9.17) is 11.5 Å². The highest BCUT2D eigenvalue weighted by atomic mass is 16.5. The summed E-state index contributed by atoms with van der Waals surface area (Å²) in [5, 5.41) is 7.99. The molecule has 3 amide bonds. The van der Waals surface area contributed by atoms with Crippen LogP contribution in [0.25, 0.3) is 0 Å². The van der Waals surface area contributed by atoms with Gasteiger partial charge in [0.05, 0.1) is 19.6 Å². The Hall–Kier alpha value is -1.87. The summed E-state index contributed by atoms with van der Waals surface area (Å²) in [7, 11) is 0. The van der Waals surface area contributed by atoms with Crippen molar-refractivity contribution >= 4 is 17.9 Å². The Kier molecular flexibility index (Phi) is 13.8. The van der Waals surface area contributed by atoms with Crippen molar-refractivity contribution in [3.05, 3.63) is 0 Å². The lowest BCUT2D eigenvalue weighted by atomic mass is 10.1. The third-order valence-electron chi connectivity index (χ3n) is 2.96. The van der Waals surface area contributed by atoms with Crippen LogP contribution in [0.4, 0.5) is 4.79 Å². The molecule has 0 spiro atoms. The SMILES string of the molecule is NCCCCCCCNCC(=O)NCC(=O)NCCOC(N)=O. The molecular weight excluding hydrogens is 302 g/mol. The number of primary amides is 1. The molecule has 0 heterocycles. The molecule has 9 heteroatoms. The molecular formula is C14H29N5O4. The van der Waals surface area contributed by atoms with E-state index in [1.807, 2.05) is 0 Å². The molecule has 0 unspecified atom stereocenters. The van der Waals surface area contributed by atoms with Crippen LogP contribution in [0.2, 0.25) is 0 Å². The van der Waals surface area contributed by atoms with Crippen LogP contribution >= 0.6 is 0 Å². The smallest absolute Gasteiger partial charge is 0.404 e. The second-order valence-electron chi connectivity index (χ2n) is 5.03. The third kappa shape index (κ3) is 16.3. The van der Waals surface area contributed by atoms with E-state index in [1.165, 1.54) is 0 Å². The van der Waals surface area contributed by atoms with Crippen molar-refractivity contribution in [1.82, 2.24) is 16.0 Å². The minimum absolute atomic E-state index is 0.00184. The highest BCUT2D eigenvalue weighted by molar-refractivity contribution is 5.85.